The summed E-state index contributed by atoms with van der Waals surface area (Å²) in [7, 11) is 0. The lowest BCUT2D eigenvalue weighted by Crippen LogP contribution is -1.98. The molecule has 0 amide bonds. The lowest BCUT2D eigenvalue weighted by Gasteiger charge is -2.07. The van der Waals surface area contributed by atoms with Gasteiger partial charge in [-0.1, -0.05) is 23.2 Å². The highest BCUT2D eigenvalue weighted by Gasteiger charge is 2.09. The van der Waals surface area contributed by atoms with Crippen LogP contribution in [0.25, 0.3) is 11.0 Å². The molecule has 0 aliphatic rings. The Morgan fingerprint density at radius 1 is 1.11 bits per heavy atom. The summed E-state index contributed by atoms with van der Waals surface area (Å²) in [6.07, 6.45) is 0. The Morgan fingerprint density at radius 3 is 2.78 bits per heavy atom. The third-order valence-electron chi connectivity index (χ3n) is 2.45. The maximum Gasteiger partial charge on any atom is 0.129 e. The number of benzene rings is 1. The number of fused-ring (bicyclic) bond motifs is 1. The van der Waals surface area contributed by atoms with E-state index in [1.807, 2.05) is 24.3 Å². The van der Waals surface area contributed by atoms with Crippen LogP contribution in [0.15, 0.2) is 24.3 Å². The van der Waals surface area contributed by atoms with Crippen LogP contribution in [0.2, 0.25) is 9.36 Å². The van der Waals surface area contributed by atoms with Crippen molar-refractivity contribution in [2.24, 2.45) is 0 Å². The average Bonchev–Trinajstić information content (AvgIpc) is 2.96. The molecule has 0 radical (unpaired) electrons. The van der Waals surface area contributed by atoms with Gasteiger partial charge in [0.15, 0.2) is 0 Å². The van der Waals surface area contributed by atoms with Crippen LogP contribution in [0.4, 0.5) is 5.69 Å². The Kier molecular flexibility index (Phi) is 3.39. The van der Waals surface area contributed by atoms with Crippen LogP contribution in [0.5, 0.6) is 0 Å². The molecule has 3 aromatic rings. The van der Waals surface area contributed by atoms with Gasteiger partial charge in [-0.05, 0) is 24.3 Å². The van der Waals surface area contributed by atoms with Gasteiger partial charge in [0.2, 0.25) is 0 Å². The fourth-order valence-electron chi connectivity index (χ4n) is 1.62. The van der Waals surface area contributed by atoms with E-state index < -0.39 is 0 Å². The molecule has 0 aliphatic heterocycles. The first-order valence-corrected chi connectivity index (χ1v) is 7.43. The Balaban J connectivity index is 1.89. The van der Waals surface area contributed by atoms with Crippen molar-refractivity contribution < 1.29 is 0 Å². The highest BCUT2D eigenvalue weighted by Crippen LogP contribution is 2.31. The van der Waals surface area contributed by atoms with Gasteiger partial charge < -0.3 is 5.32 Å². The van der Waals surface area contributed by atoms with Crippen molar-refractivity contribution in [2.75, 3.05) is 5.32 Å². The zero-order valence-electron chi connectivity index (χ0n) is 8.98. The zero-order valence-corrected chi connectivity index (χ0v) is 12.1. The van der Waals surface area contributed by atoms with Gasteiger partial charge in [-0.15, -0.1) is 11.3 Å². The van der Waals surface area contributed by atoms with Crippen LogP contribution in [0.3, 0.4) is 0 Å². The Labute approximate surface area is 122 Å². The van der Waals surface area contributed by atoms with E-state index in [2.05, 4.69) is 14.1 Å². The maximum absolute atomic E-state index is 6.18. The Hall–Kier alpha value is -0.880. The zero-order chi connectivity index (χ0) is 12.5. The van der Waals surface area contributed by atoms with Crippen molar-refractivity contribution in [2.45, 2.75) is 6.54 Å². The molecule has 7 heteroatoms. The number of anilines is 1. The molecule has 0 spiro atoms. The minimum absolute atomic E-state index is 0.651. The maximum atomic E-state index is 6.18. The predicted octanol–water partition coefficient (Wildman–Crippen LogP) is 4.67. The molecular formula is C11H7Cl2N3S2. The van der Waals surface area contributed by atoms with Crippen molar-refractivity contribution in [3.05, 3.63) is 38.5 Å². The molecular weight excluding hydrogens is 309 g/mol. The van der Waals surface area contributed by atoms with Crippen molar-refractivity contribution in [1.82, 2.24) is 8.75 Å². The predicted molar refractivity (Wildman–Crippen MR) is 79.1 cm³/mol. The summed E-state index contributed by atoms with van der Waals surface area (Å²) in [5, 5.41) is 3.95. The number of nitrogens with one attached hydrogen (secondary N) is 1. The van der Waals surface area contributed by atoms with Crippen LogP contribution < -0.4 is 5.32 Å². The number of thiophene rings is 1. The minimum Gasteiger partial charge on any atom is -0.377 e. The van der Waals surface area contributed by atoms with Gasteiger partial charge in [0.1, 0.15) is 11.0 Å². The molecule has 0 atom stereocenters. The summed E-state index contributed by atoms with van der Waals surface area (Å²) in [6.45, 7) is 0.674. The summed E-state index contributed by atoms with van der Waals surface area (Å²) >= 11 is 14.8. The molecule has 0 fully saturated rings. The average molecular weight is 316 g/mol. The molecule has 2 aromatic heterocycles. The van der Waals surface area contributed by atoms with Crippen molar-refractivity contribution in [3.63, 3.8) is 0 Å². The lowest BCUT2D eigenvalue weighted by atomic mass is 10.2. The van der Waals surface area contributed by atoms with E-state index in [9.17, 15) is 0 Å². The third-order valence-corrected chi connectivity index (χ3v) is 4.53. The molecule has 0 bridgehead atoms. The largest absolute Gasteiger partial charge is 0.377 e. The van der Waals surface area contributed by atoms with E-state index in [-0.39, 0.29) is 0 Å². The van der Waals surface area contributed by atoms with Gasteiger partial charge in [0, 0.05) is 11.4 Å². The number of halogens is 2. The van der Waals surface area contributed by atoms with Crippen LogP contribution in [0, 0.1) is 0 Å². The van der Waals surface area contributed by atoms with E-state index >= 15 is 0 Å². The van der Waals surface area contributed by atoms with E-state index in [4.69, 9.17) is 23.2 Å². The molecule has 92 valence electrons. The van der Waals surface area contributed by atoms with Crippen molar-refractivity contribution in [1.29, 1.82) is 0 Å². The second kappa shape index (κ2) is 5.01. The topological polar surface area (TPSA) is 37.8 Å². The van der Waals surface area contributed by atoms with Gasteiger partial charge in [0.25, 0.3) is 0 Å². The number of hydrogen-bond donors (Lipinski definition) is 1. The molecule has 0 saturated heterocycles. The van der Waals surface area contributed by atoms with Crippen molar-refractivity contribution in [3.8, 4) is 0 Å². The number of hydrogen-bond acceptors (Lipinski definition) is 5. The van der Waals surface area contributed by atoms with Crippen molar-refractivity contribution >= 4 is 63.0 Å². The second-order valence-corrected chi connectivity index (χ2v) is 6.35. The quantitative estimate of drug-likeness (QED) is 0.763. The Bertz CT molecular complexity index is 692. The van der Waals surface area contributed by atoms with E-state index in [0.29, 0.717) is 11.6 Å². The highest BCUT2D eigenvalue weighted by molar-refractivity contribution is 7.16. The first kappa shape index (κ1) is 12.2. The summed E-state index contributed by atoms with van der Waals surface area (Å²) < 4.78 is 9.23. The summed E-state index contributed by atoms with van der Waals surface area (Å²) in [5.74, 6) is 0. The normalized spacial score (nSPS) is 11.0. The monoisotopic (exact) mass is 315 g/mol. The minimum atomic E-state index is 0.651. The molecule has 1 aromatic carbocycles. The van der Waals surface area contributed by atoms with Gasteiger partial charge in [0.05, 0.1) is 26.8 Å². The fourth-order valence-corrected chi connectivity index (χ4v) is 3.41. The molecule has 0 aliphatic carbocycles. The number of aromatic nitrogens is 2. The third kappa shape index (κ3) is 2.31. The number of rotatable bonds is 3. The molecule has 3 nitrogen and oxygen atoms in total. The number of nitrogens with zero attached hydrogens (tertiary/aromatic N) is 2. The molecule has 3 rings (SSSR count). The van der Waals surface area contributed by atoms with Gasteiger partial charge in [-0.3, -0.25) is 0 Å². The van der Waals surface area contributed by atoms with Crippen LogP contribution in [0.1, 0.15) is 4.88 Å². The van der Waals surface area contributed by atoms with Crippen LogP contribution in [-0.4, -0.2) is 8.75 Å². The van der Waals surface area contributed by atoms with Gasteiger partial charge in [-0.25, -0.2) is 0 Å². The Morgan fingerprint density at radius 2 is 2.00 bits per heavy atom. The standard InChI is InChI=1S/C11H7Cl2N3S2/c12-7-2-3-8-11(16-18-15-8)10(7)14-5-6-1-4-9(13)17-6/h1-4,14H,5H2. The van der Waals surface area contributed by atoms with E-state index in [1.165, 1.54) is 11.7 Å². The molecule has 18 heavy (non-hydrogen) atoms. The first-order valence-electron chi connectivity index (χ1n) is 5.13. The smallest absolute Gasteiger partial charge is 0.129 e. The van der Waals surface area contributed by atoms with Gasteiger partial charge in [-0.2, -0.15) is 8.75 Å². The molecule has 0 saturated carbocycles. The summed E-state index contributed by atoms with van der Waals surface area (Å²) in [4.78, 5) is 1.15. The molecule has 1 N–H and O–H groups in total. The SMILES string of the molecule is Clc1ccc(CNc2c(Cl)ccc3nsnc23)s1. The second-order valence-electron chi connectivity index (χ2n) is 3.61. The molecule has 2 heterocycles. The van der Waals surface area contributed by atoms with Crippen LogP contribution in [-0.2, 0) is 6.54 Å². The van der Waals surface area contributed by atoms with E-state index in [1.54, 1.807) is 11.3 Å². The first-order chi connectivity index (χ1) is 8.74. The summed E-state index contributed by atoms with van der Waals surface area (Å²) in [6, 6.07) is 7.58. The van der Waals surface area contributed by atoms with E-state index in [0.717, 1.165) is 25.9 Å². The molecule has 0 unspecified atom stereocenters. The highest BCUT2D eigenvalue weighted by atomic mass is 35.5. The van der Waals surface area contributed by atoms with Gasteiger partial charge >= 0.3 is 0 Å². The van der Waals surface area contributed by atoms with Crippen LogP contribution >= 0.6 is 46.3 Å². The summed E-state index contributed by atoms with van der Waals surface area (Å²) in [5.41, 5.74) is 2.50. The fraction of sp³-hybridized carbons (Fsp3) is 0.0909. The lowest BCUT2D eigenvalue weighted by molar-refractivity contribution is 1.20.